The van der Waals surface area contributed by atoms with Crippen molar-refractivity contribution in [2.24, 2.45) is 0 Å². The molecule has 1 amide bonds. The van der Waals surface area contributed by atoms with Crippen LogP contribution in [0.5, 0.6) is 0 Å². The molecule has 0 fully saturated rings. The van der Waals surface area contributed by atoms with Crippen LogP contribution in [0, 0.1) is 19.3 Å². The molecule has 1 aromatic rings. The Morgan fingerprint density at radius 1 is 1.45 bits per heavy atom. The Hall–Kier alpha value is -1.84. The Bertz CT molecular complexity index is 642. The Balaban J connectivity index is 3.06. The first-order valence-electron chi connectivity index (χ1n) is 6.03. The molecule has 0 aromatic heterocycles. The summed E-state index contributed by atoms with van der Waals surface area (Å²) in [7, 11) is -3.81. The third-order valence-electron chi connectivity index (χ3n) is 2.38. The maximum Gasteiger partial charge on any atom is 0.297 e. The maximum absolute atomic E-state index is 12.0. The van der Waals surface area contributed by atoms with Crippen molar-refractivity contribution >= 4 is 16.0 Å². The highest BCUT2D eigenvalue weighted by Crippen LogP contribution is 2.20. The minimum atomic E-state index is -3.81. The summed E-state index contributed by atoms with van der Waals surface area (Å²) in [6.07, 6.45) is 4.61. The van der Waals surface area contributed by atoms with Crippen molar-refractivity contribution in [2.45, 2.75) is 31.8 Å². The summed E-state index contributed by atoms with van der Waals surface area (Å²) in [6, 6.07) is 4.27. The summed E-state index contributed by atoms with van der Waals surface area (Å²) < 4.78 is 28.8. The van der Waals surface area contributed by atoms with E-state index in [0.29, 0.717) is 11.1 Å². The second kappa shape index (κ2) is 6.55. The van der Waals surface area contributed by atoms with Gasteiger partial charge in [0.15, 0.2) is 0 Å². The van der Waals surface area contributed by atoms with Gasteiger partial charge < -0.3 is 5.32 Å². The van der Waals surface area contributed by atoms with Gasteiger partial charge in [-0.3, -0.25) is 8.98 Å². The summed E-state index contributed by atoms with van der Waals surface area (Å²) in [6.45, 7) is 4.99. The van der Waals surface area contributed by atoms with Crippen LogP contribution >= 0.6 is 0 Å². The molecule has 1 N–H and O–H groups in total. The lowest BCUT2D eigenvalue weighted by Crippen LogP contribution is -2.23. The molecule has 108 valence electrons. The number of benzene rings is 1. The van der Waals surface area contributed by atoms with Crippen LogP contribution in [0.4, 0.5) is 0 Å². The molecular weight excluding hydrogens is 278 g/mol. The van der Waals surface area contributed by atoms with E-state index in [9.17, 15) is 13.2 Å². The SMILES string of the molecule is C#CCNC(=O)c1ccc(S(=O)(=O)OC(C)C)c(C)c1. The molecule has 0 aliphatic heterocycles. The maximum atomic E-state index is 12.0. The van der Waals surface area contributed by atoms with Gasteiger partial charge in [0.05, 0.1) is 17.5 Å². The topological polar surface area (TPSA) is 72.5 Å². The molecule has 6 heteroatoms. The first kappa shape index (κ1) is 16.2. The predicted molar refractivity (Wildman–Crippen MR) is 75.8 cm³/mol. The molecule has 1 rings (SSSR count). The lowest BCUT2D eigenvalue weighted by molar-refractivity contribution is 0.0958. The summed E-state index contributed by atoms with van der Waals surface area (Å²) in [5, 5.41) is 2.51. The van der Waals surface area contributed by atoms with E-state index >= 15 is 0 Å². The van der Waals surface area contributed by atoms with Crippen molar-refractivity contribution < 1.29 is 17.4 Å². The van der Waals surface area contributed by atoms with Crippen LogP contribution in [0.1, 0.15) is 29.8 Å². The molecule has 5 nitrogen and oxygen atoms in total. The Morgan fingerprint density at radius 2 is 2.10 bits per heavy atom. The second-order valence-corrected chi connectivity index (χ2v) is 6.01. The minimum absolute atomic E-state index is 0.0553. The molecule has 0 radical (unpaired) electrons. The number of aryl methyl sites for hydroxylation is 1. The number of amides is 1. The monoisotopic (exact) mass is 295 g/mol. The van der Waals surface area contributed by atoms with Crippen molar-refractivity contribution in [1.82, 2.24) is 5.32 Å². The van der Waals surface area contributed by atoms with Crippen molar-refractivity contribution in [3.05, 3.63) is 29.3 Å². The summed E-state index contributed by atoms with van der Waals surface area (Å²) >= 11 is 0. The molecule has 0 aliphatic carbocycles. The fraction of sp³-hybridized carbons (Fsp3) is 0.357. The molecule has 0 bridgehead atoms. The van der Waals surface area contributed by atoms with Gasteiger partial charge in [-0.05, 0) is 44.5 Å². The number of hydrogen-bond acceptors (Lipinski definition) is 4. The van der Waals surface area contributed by atoms with E-state index in [-0.39, 0.29) is 17.3 Å². The zero-order valence-electron chi connectivity index (χ0n) is 11.6. The number of carbonyl (C=O) groups is 1. The van der Waals surface area contributed by atoms with Gasteiger partial charge in [0.25, 0.3) is 16.0 Å². The minimum Gasteiger partial charge on any atom is -0.341 e. The van der Waals surface area contributed by atoms with Crippen LogP contribution in [0.25, 0.3) is 0 Å². The fourth-order valence-corrected chi connectivity index (χ4v) is 2.91. The number of rotatable bonds is 5. The fourth-order valence-electron chi connectivity index (χ4n) is 1.61. The molecule has 0 unspecified atom stereocenters. The van der Waals surface area contributed by atoms with E-state index in [1.165, 1.54) is 18.2 Å². The predicted octanol–water partition coefficient (Wildman–Crippen LogP) is 1.47. The highest BCUT2D eigenvalue weighted by molar-refractivity contribution is 7.86. The van der Waals surface area contributed by atoms with Gasteiger partial charge in [-0.15, -0.1) is 6.42 Å². The van der Waals surface area contributed by atoms with Crippen LogP contribution in [-0.2, 0) is 14.3 Å². The summed E-state index contributed by atoms with van der Waals surface area (Å²) in [5.41, 5.74) is 0.792. The highest BCUT2D eigenvalue weighted by Gasteiger charge is 2.20. The van der Waals surface area contributed by atoms with Crippen LogP contribution in [0.15, 0.2) is 23.1 Å². The molecule has 0 atom stereocenters. The number of carbonyl (C=O) groups excluding carboxylic acids is 1. The zero-order chi connectivity index (χ0) is 15.3. The third kappa shape index (κ3) is 4.08. The van der Waals surface area contributed by atoms with Crippen molar-refractivity contribution in [3.63, 3.8) is 0 Å². The van der Waals surface area contributed by atoms with E-state index in [0.717, 1.165) is 0 Å². The first-order chi connectivity index (χ1) is 9.27. The number of hydrogen-bond donors (Lipinski definition) is 1. The Labute approximate surface area is 119 Å². The molecule has 0 heterocycles. The average Bonchev–Trinajstić information content (AvgIpc) is 2.33. The van der Waals surface area contributed by atoms with E-state index in [2.05, 4.69) is 11.2 Å². The lowest BCUT2D eigenvalue weighted by Gasteiger charge is -2.11. The molecular formula is C14H17NO4S. The lowest BCUT2D eigenvalue weighted by atomic mass is 10.1. The van der Waals surface area contributed by atoms with Gasteiger partial charge in [0.2, 0.25) is 0 Å². The number of nitrogens with one attached hydrogen (secondary N) is 1. The summed E-state index contributed by atoms with van der Waals surface area (Å²) in [4.78, 5) is 11.8. The van der Waals surface area contributed by atoms with Crippen LogP contribution in [0.2, 0.25) is 0 Å². The van der Waals surface area contributed by atoms with Crippen LogP contribution < -0.4 is 5.32 Å². The van der Waals surface area contributed by atoms with Crippen molar-refractivity contribution in [1.29, 1.82) is 0 Å². The quantitative estimate of drug-likeness (QED) is 0.659. The molecule has 0 spiro atoms. The standard InChI is InChI=1S/C14H17NO4S/c1-5-8-15-14(16)12-6-7-13(11(4)9-12)20(17,18)19-10(2)3/h1,6-7,9-10H,8H2,2-4H3,(H,15,16). The van der Waals surface area contributed by atoms with Gasteiger partial charge in [0, 0.05) is 5.56 Å². The van der Waals surface area contributed by atoms with Gasteiger partial charge in [-0.25, -0.2) is 0 Å². The molecule has 20 heavy (non-hydrogen) atoms. The van der Waals surface area contributed by atoms with Crippen LogP contribution in [-0.4, -0.2) is 27.0 Å². The van der Waals surface area contributed by atoms with Gasteiger partial charge in [0.1, 0.15) is 0 Å². The van der Waals surface area contributed by atoms with E-state index in [1.807, 2.05) is 0 Å². The average molecular weight is 295 g/mol. The van der Waals surface area contributed by atoms with E-state index < -0.39 is 16.2 Å². The molecule has 0 aliphatic rings. The smallest absolute Gasteiger partial charge is 0.297 e. The van der Waals surface area contributed by atoms with E-state index in [1.54, 1.807) is 20.8 Å². The molecule has 0 saturated carbocycles. The van der Waals surface area contributed by atoms with Crippen molar-refractivity contribution in [2.75, 3.05) is 6.54 Å². The molecule has 1 aromatic carbocycles. The zero-order valence-corrected chi connectivity index (χ0v) is 12.5. The first-order valence-corrected chi connectivity index (χ1v) is 7.44. The number of terminal acetylenes is 1. The summed E-state index contributed by atoms with van der Waals surface area (Å²) in [5.74, 6) is 1.94. The normalized spacial score (nSPS) is 11.2. The Morgan fingerprint density at radius 3 is 2.60 bits per heavy atom. The van der Waals surface area contributed by atoms with Gasteiger partial charge in [-0.2, -0.15) is 8.42 Å². The second-order valence-electron chi connectivity index (χ2n) is 4.47. The van der Waals surface area contributed by atoms with E-state index in [4.69, 9.17) is 10.6 Å². The highest BCUT2D eigenvalue weighted by atomic mass is 32.2. The molecule has 0 saturated heterocycles. The van der Waals surface area contributed by atoms with Gasteiger partial charge >= 0.3 is 0 Å². The van der Waals surface area contributed by atoms with Gasteiger partial charge in [-0.1, -0.05) is 5.92 Å². The largest absolute Gasteiger partial charge is 0.341 e. The van der Waals surface area contributed by atoms with Crippen LogP contribution in [0.3, 0.4) is 0 Å². The Kier molecular flexibility index (Phi) is 5.31. The third-order valence-corrected chi connectivity index (χ3v) is 4.01. The van der Waals surface area contributed by atoms with Crippen molar-refractivity contribution in [3.8, 4) is 12.3 Å².